The van der Waals surface area contributed by atoms with E-state index in [4.69, 9.17) is 0 Å². The summed E-state index contributed by atoms with van der Waals surface area (Å²) in [4.78, 5) is 20.1. The second-order valence-corrected chi connectivity index (χ2v) is 6.07. The van der Waals surface area contributed by atoms with Gasteiger partial charge in [-0.15, -0.1) is 24.0 Å². The van der Waals surface area contributed by atoms with E-state index in [1.54, 1.807) is 31.6 Å². The van der Waals surface area contributed by atoms with Crippen molar-refractivity contribution in [3.63, 3.8) is 0 Å². The van der Waals surface area contributed by atoms with Crippen molar-refractivity contribution in [1.82, 2.24) is 20.9 Å². The Morgan fingerprint density at radius 2 is 1.85 bits per heavy atom. The molecule has 0 spiro atoms. The summed E-state index contributed by atoms with van der Waals surface area (Å²) in [6, 6.07) is 14.2. The van der Waals surface area contributed by atoms with Crippen LogP contribution in [0.2, 0.25) is 0 Å². The lowest BCUT2D eigenvalue weighted by atomic mass is 10.1. The molecule has 2 aromatic rings. The van der Waals surface area contributed by atoms with Crippen LogP contribution in [0.15, 0.2) is 59.9 Å². The van der Waals surface area contributed by atoms with Crippen molar-refractivity contribution in [2.45, 2.75) is 25.8 Å². The van der Waals surface area contributed by atoms with Crippen molar-refractivity contribution in [3.05, 3.63) is 66.0 Å². The van der Waals surface area contributed by atoms with E-state index in [0.717, 1.165) is 18.8 Å². The lowest BCUT2D eigenvalue weighted by Crippen LogP contribution is -2.45. The molecule has 6 nitrogen and oxygen atoms in total. The van der Waals surface area contributed by atoms with Crippen molar-refractivity contribution in [3.8, 4) is 0 Å². The molecule has 0 saturated heterocycles. The summed E-state index contributed by atoms with van der Waals surface area (Å²) in [6.45, 7) is 3.24. The van der Waals surface area contributed by atoms with Crippen LogP contribution in [0, 0.1) is 0 Å². The zero-order valence-electron chi connectivity index (χ0n) is 15.8. The Morgan fingerprint density at radius 3 is 2.52 bits per heavy atom. The highest BCUT2D eigenvalue weighted by atomic mass is 127. The van der Waals surface area contributed by atoms with E-state index in [-0.39, 0.29) is 29.9 Å². The Balaban J connectivity index is 0.00000364. The molecule has 146 valence electrons. The van der Waals surface area contributed by atoms with Crippen LogP contribution in [0.4, 0.5) is 0 Å². The SMILES string of the molecule is CN=C(NCCNC(=O)c1cccnc1)NC(C)CCc1ccccc1.I. The number of aliphatic imine (C=N–C) groups is 1. The van der Waals surface area contributed by atoms with Gasteiger partial charge in [0, 0.05) is 38.6 Å². The first kappa shape index (κ1) is 22.9. The highest BCUT2D eigenvalue weighted by molar-refractivity contribution is 14.0. The van der Waals surface area contributed by atoms with Crippen molar-refractivity contribution in [1.29, 1.82) is 0 Å². The van der Waals surface area contributed by atoms with E-state index in [1.807, 2.05) is 6.07 Å². The molecule has 7 heteroatoms. The number of nitrogens with one attached hydrogen (secondary N) is 3. The summed E-state index contributed by atoms with van der Waals surface area (Å²) in [7, 11) is 1.74. The number of pyridine rings is 1. The van der Waals surface area contributed by atoms with Crippen LogP contribution in [0.5, 0.6) is 0 Å². The number of guanidine groups is 1. The molecule has 0 radical (unpaired) electrons. The number of amides is 1. The molecule has 0 aliphatic heterocycles. The minimum atomic E-state index is -0.126. The van der Waals surface area contributed by atoms with Gasteiger partial charge in [-0.05, 0) is 37.5 Å². The van der Waals surface area contributed by atoms with E-state index in [2.05, 4.69) is 57.1 Å². The Bertz CT molecular complexity index is 694. The predicted molar refractivity (Wildman–Crippen MR) is 121 cm³/mol. The molecule has 1 aromatic heterocycles. The molecule has 27 heavy (non-hydrogen) atoms. The molecular formula is C20H28IN5O. The van der Waals surface area contributed by atoms with Crippen molar-refractivity contribution < 1.29 is 4.79 Å². The zero-order valence-corrected chi connectivity index (χ0v) is 18.1. The number of hydrogen-bond acceptors (Lipinski definition) is 3. The minimum Gasteiger partial charge on any atom is -0.355 e. The van der Waals surface area contributed by atoms with E-state index in [9.17, 15) is 4.79 Å². The first-order valence-electron chi connectivity index (χ1n) is 8.88. The number of aromatic nitrogens is 1. The molecule has 3 N–H and O–H groups in total. The van der Waals surface area contributed by atoms with Crippen LogP contribution in [-0.2, 0) is 6.42 Å². The molecule has 0 fully saturated rings. The van der Waals surface area contributed by atoms with Gasteiger partial charge in [-0.2, -0.15) is 0 Å². The van der Waals surface area contributed by atoms with E-state index in [1.165, 1.54) is 5.56 Å². The molecule has 0 saturated carbocycles. The summed E-state index contributed by atoms with van der Waals surface area (Å²) >= 11 is 0. The summed E-state index contributed by atoms with van der Waals surface area (Å²) < 4.78 is 0. The predicted octanol–water partition coefficient (Wildman–Crippen LogP) is 2.62. The molecule has 0 aliphatic rings. The number of carbonyl (C=O) groups is 1. The average Bonchev–Trinajstić information content (AvgIpc) is 2.70. The number of aryl methyl sites for hydroxylation is 1. The topological polar surface area (TPSA) is 78.4 Å². The fraction of sp³-hybridized carbons (Fsp3) is 0.350. The summed E-state index contributed by atoms with van der Waals surface area (Å²) in [5.74, 6) is 0.611. The lowest BCUT2D eigenvalue weighted by Gasteiger charge is -2.18. The first-order chi connectivity index (χ1) is 12.7. The van der Waals surface area contributed by atoms with Gasteiger partial charge in [0.15, 0.2) is 5.96 Å². The maximum absolute atomic E-state index is 11.9. The van der Waals surface area contributed by atoms with Gasteiger partial charge in [-0.1, -0.05) is 30.3 Å². The highest BCUT2D eigenvalue weighted by Crippen LogP contribution is 2.04. The second kappa shape index (κ2) is 13.1. The fourth-order valence-electron chi connectivity index (χ4n) is 2.48. The minimum absolute atomic E-state index is 0. The van der Waals surface area contributed by atoms with Crippen LogP contribution >= 0.6 is 24.0 Å². The van der Waals surface area contributed by atoms with Gasteiger partial charge in [0.2, 0.25) is 0 Å². The maximum atomic E-state index is 11.9. The molecule has 1 unspecified atom stereocenters. The van der Waals surface area contributed by atoms with Crippen LogP contribution in [0.3, 0.4) is 0 Å². The van der Waals surface area contributed by atoms with E-state index >= 15 is 0 Å². The number of carbonyl (C=O) groups excluding carboxylic acids is 1. The third-order valence-corrected chi connectivity index (χ3v) is 3.94. The number of rotatable bonds is 8. The highest BCUT2D eigenvalue weighted by Gasteiger charge is 2.07. The van der Waals surface area contributed by atoms with Crippen LogP contribution < -0.4 is 16.0 Å². The van der Waals surface area contributed by atoms with Gasteiger partial charge in [-0.25, -0.2) is 0 Å². The molecule has 1 aromatic carbocycles. The van der Waals surface area contributed by atoms with Gasteiger partial charge in [0.25, 0.3) is 5.91 Å². The first-order valence-corrected chi connectivity index (χ1v) is 8.88. The molecule has 1 amide bonds. The molecule has 1 atom stereocenters. The van der Waals surface area contributed by atoms with Gasteiger partial charge in [0.05, 0.1) is 5.56 Å². The fourth-order valence-corrected chi connectivity index (χ4v) is 2.48. The third-order valence-electron chi connectivity index (χ3n) is 3.94. The normalized spacial score (nSPS) is 11.9. The molecule has 1 heterocycles. The Morgan fingerprint density at radius 1 is 1.11 bits per heavy atom. The maximum Gasteiger partial charge on any atom is 0.252 e. The number of nitrogens with zero attached hydrogens (tertiary/aromatic N) is 2. The molecule has 0 bridgehead atoms. The second-order valence-electron chi connectivity index (χ2n) is 6.07. The Kier molecular flexibility index (Phi) is 11.1. The van der Waals surface area contributed by atoms with Gasteiger partial charge in [0.1, 0.15) is 0 Å². The summed E-state index contributed by atoms with van der Waals surface area (Å²) in [5.41, 5.74) is 1.90. The van der Waals surface area contributed by atoms with Gasteiger partial charge < -0.3 is 16.0 Å². The number of benzene rings is 1. The lowest BCUT2D eigenvalue weighted by molar-refractivity contribution is 0.0954. The van der Waals surface area contributed by atoms with E-state index in [0.29, 0.717) is 24.7 Å². The van der Waals surface area contributed by atoms with Crippen molar-refractivity contribution in [2.24, 2.45) is 4.99 Å². The van der Waals surface area contributed by atoms with Crippen molar-refractivity contribution in [2.75, 3.05) is 20.1 Å². The van der Waals surface area contributed by atoms with Crippen molar-refractivity contribution >= 4 is 35.8 Å². The zero-order chi connectivity index (χ0) is 18.6. The van der Waals surface area contributed by atoms with Gasteiger partial charge >= 0.3 is 0 Å². The quantitative estimate of drug-likeness (QED) is 0.235. The summed E-state index contributed by atoms with van der Waals surface area (Å²) in [5, 5.41) is 9.44. The molecular weight excluding hydrogens is 453 g/mol. The average molecular weight is 481 g/mol. The van der Waals surface area contributed by atoms with Crippen LogP contribution in [-0.4, -0.2) is 43.0 Å². The van der Waals surface area contributed by atoms with Crippen LogP contribution in [0.1, 0.15) is 29.3 Å². The largest absolute Gasteiger partial charge is 0.355 e. The monoisotopic (exact) mass is 481 g/mol. The standard InChI is InChI=1S/C20H27N5O.HI/c1-16(10-11-17-7-4-3-5-8-17)25-20(21-2)24-14-13-23-19(26)18-9-6-12-22-15-18;/h3-9,12,15-16H,10-11,13-14H2,1-2H3,(H,23,26)(H2,21,24,25);1H. The van der Waals surface area contributed by atoms with Gasteiger partial charge in [-0.3, -0.25) is 14.8 Å². The third kappa shape index (κ3) is 8.85. The summed E-state index contributed by atoms with van der Waals surface area (Å²) in [6.07, 6.45) is 5.24. The molecule has 0 aliphatic carbocycles. The molecule has 2 rings (SSSR count). The Hall–Kier alpha value is -2.16. The smallest absolute Gasteiger partial charge is 0.252 e. The van der Waals surface area contributed by atoms with E-state index < -0.39 is 0 Å². The Labute approximate surface area is 178 Å². The van der Waals surface area contributed by atoms with Crippen LogP contribution in [0.25, 0.3) is 0 Å². The number of halogens is 1. The number of hydrogen-bond donors (Lipinski definition) is 3.